The SMILES string of the molecule is COc1cc(C=NNc2ccccn2)ccc1OCc1ccccc1C#N. The van der Waals surface area contributed by atoms with Crippen molar-refractivity contribution in [3.05, 3.63) is 83.6 Å². The first-order valence-electron chi connectivity index (χ1n) is 8.29. The molecule has 134 valence electrons. The van der Waals surface area contributed by atoms with Gasteiger partial charge < -0.3 is 9.47 Å². The number of aromatic nitrogens is 1. The van der Waals surface area contributed by atoms with Gasteiger partial charge in [-0.15, -0.1) is 0 Å². The van der Waals surface area contributed by atoms with Gasteiger partial charge >= 0.3 is 0 Å². The second kappa shape index (κ2) is 9.02. The van der Waals surface area contributed by atoms with Crippen LogP contribution < -0.4 is 14.9 Å². The number of nitriles is 1. The molecule has 0 atom stereocenters. The highest BCUT2D eigenvalue weighted by molar-refractivity contribution is 5.81. The van der Waals surface area contributed by atoms with Crippen LogP contribution in [0.3, 0.4) is 0 Å². The first-order valence-corrected chi connectivity index (χ1v) is 8.29. The van der Waals surface area contributed by atoms with E-state index in [4.69, 9.17) is 14.7 Å². The fourth-order valence-corrected chi connectivity index (χ4v) is 2.40. The highest BCUT2D eigenvalue weighted by atomic mass is 16.5. The number of hydrogen-bond acceptors (Lipinski definition) is 6. The Morgan fingerprint density at radius 1 is 1.11 bits per heavy atom. The summed E-state index contributed by atoms with van der Waals surface area (Å²) in [7, 11) is 1.58. The third-order valence-electron chi connectivity index (χ3n) is 3.77. The second-order valence-corrected chi connectivity index (χ2v) is 5.55. The lowest BCUT2D eigenvalue weighted by Gasteiger charge is -2.12. The topological polar surface area (TPSA) is 79.5 Å². The molecule has 0 aliphatic rings. The smallest absolute Gasteiger partial charge is 0.161 e. The van der Waals surface area contributed by atoms with Crippen LogP contribution in [0.4, 0.5) is 5.82 Å². The molecule has 1 heterocycles. The number of benzene rings is 2. The van der Waals surface area contributed by atoms with Crippen LogP contribution in [-0.2, 0) is 6.61 Å². The summed E-state index contributed by atoms with van der Waals surface area (Å²) in [6.07, 6.45) is 3.36. The van der Waals surface area contributed by atoms with Crippen LogP contribution in [0.25, 0.3) is 0 Å². The summed E-state index contributed by atoms with van der Waals surface area (Å²) in [5.74, 6) is 1.85. The van der Waals surface area contributed by atoms with E-state index in [9.17, 15) is 0 Å². The van der Waals surface area contributed by atoms with E-state index in [0.717, 1.165) is 11.1 Å². The van der Waals surface area contributed by atoms with Gasteiger partial charge in [-0.05, 0) is 42.0 Å². The molecule has 6 nitrogen and oxygen atoms in total. The first kappa shape index (κ1) is 18.0. The van der Waals surface area contributed by atoms with Crippen LogP contribution in [0.2, 0.25) is 0 Å². The lowest BCUT2D eigenvalue weighted by atomic mass is 10.1. The Balaban J connectivity index is 1.68. The van der Waals surface area contributed by atoms with Crippen molar-refractivity contribution >= 4 is 12.0 Å². The Bertz CT molecular complexity index is 965. The van der Waals surface area contributed by atoms with Crippen molar-refractivity contribution in [3.8, 4) is 17.6 Å². The largest absolute Gasteiger partial charge is 0.493 e. The van der Waals surface area contributed by atoms with E-state index < -0.39 is 0 Å². The van der Waals surface area contributed by atoms with Crippen LogP contribution in [0.15, 0.2) is 72.0 Å². The summed E-state index contributed by atoms with van der Waals surface area (Å²) in [6.45, 7) is 0.286. The molecule has 0 aliphatic heterocycles. The molecular weight excluding hydrogens is 340 g/mol. The van der Waals surface area contributed by atoms with Crippen LogP contribution >= 0.6 is 0 Å². The zero-order valence-electron chi connectivity index (χ0n) is 14.8. The Kier molecular flexibility index (Phi) is 6.00. The van der Waals surface area contributed by atoms with Gasteiger partial charge in [0.15, 0.2) is 11.5 Å². The van der Waals surface area contributed by atoms with Crippen molar-refractivity contribution in [1.29, 1.82) is 5.26 Å². The molecule has 1 N–H and O–H groups in total. The van der Waals surface area contributed by atoms with Gasteiger partial charge in [0, 0.05) is 11.8 Å². The predicted octanol–water partition coefficient (Wildman–Crippen LogP) is 3.99. The zero-order valence-corrected chi connectivity index (χ0v) is 14.8. The molecular formula is C21H18N4O2. The Morgan fingerprint density at radius 2 is 1.96 bits per heavy atom. The number of hydrogen-bond donors (Lipinski definition) is 1. The molecule has 3 aromatic rings. The van der Waals surface area contributed by atoms with Gasteiger partial charge in [0.1, 0.15) is 12.4 Å². The molecule has 0 saturated heterocycles. The molecule has 2 aromatic carbocycles. The number of rotatable bonds is 7. The number of anilines is 1. The van der Waals surface area contributed by atoms with Crippen molar-refractivity contribution in [3.63, 3.8) is 0 Å². The molecule has 27 heavy (non-hydrogen) atoms. The fourth-order valence-electron chi connectivity index (χ4n) is 2.40. The molecule has 0 amide bonds. The molecule has 0 radical (unpaired) electrons. The zero-order chi connectivity index (χ0) is 18.9. The number of ether oxygens (including phenoxy) is 2. The number of nitrogens with one attached hydrogen (secondary N) is 1. The predicted molar refractivity (Wildman–Crippen MR) is 104 cm³/mol. The normalized spacial score (nSPS) is 10.4. The lowest BCUT2D eigenvalue weighted by molar-refractivity contribution is 0.284. The quantitative estimate of drug-likeness (QED) is 0.510. The van der Waals surface area contributed by atoms with E-state index in [1.807, 2.05) is 54.6 Å². The fraction of sp³-hybridized carbons (Fsp3) is 0.0952. The van der Waals surface area contributed by atoms with Crippen molar-refractivity contribution in [2.45, 2.75) is 6.61 Å². The Morgan fingerprint density at radius 3 is 2.74 bits per heavy atom. The third kappa shape index (κ3) is 4.83. The summed E-state index contributed by atoms with van der Waals surface area (Å²) >= 11 is 0. The maximum Gasteiger partial charge on any atom is 0.161 e. The van der Waals surface area contributed by atoms with Crippen molar-refractivity contribution in [2.75, 3.05) is 12.5 Å². The monoisotopic (exact) mass is 358 g/mol. The molecule has 0 aliphatic carbocycles. The lowest BCUT2D eigenvalue weighted by Crippen LogP contribution is -2.00. The van der Waals surface area contributed by atoms with Crippen LogP contribution in [0, 0.1) is 11.3 Å². The van der Waals surface area contributed by atoms with Gasteiger partial charge in [-0.2, -0.15) is 10.4 Å². The highest BCUT2D eigenvalue weighted by Gasteiger charge is 2.07. The third-order valence-corrected chi connectivity index (χ3v) is 3.77. The van der Waals surface area contributed by atoms with E-state index in [0.29, 0.717) is 22.9 Å². The Labute approximate surface area is 157 Å². The van der Waals surface area contributed by atoms with Crippen LogP contribution in [0.5, 0.6) is 11.5 Å². The minimum Gasteiger partial charge on any atom is -0.493 e. The number of nitrogens with zero attached hydrogens (tertiary/aromatic N) is 3. The number of pyridine rings is 1. The van der Waals surface area contributed by atoms with Gasteiger partial charge in [0.2, 0.25) is 0 Å². The maximum absolute atomic E-state index is 9.16. The average Bonchev–Trinajstić information content (AvgIpc) is 2.73. The summed E-state index contributed by atoms with van der Waals surface area (Å²) in [5, 5.41) is 13.3. The van der Waals surface area contributed by atoms with E-state index in [2.05, 4.69) is 21.6 Å². The molecule has 6 heteroatoms. The van der Waals surface area contributed by atoms with Crippen LogP contribution in [-0.4, -0.2) is 18.3 Å². The molecule has 0 unspecified atom stereocenters. The van der Waals surface area contributed by atoms with Gasteiger partial charge in [-0.1, -0.05) is 24.3 Å². The maximum atomic E-state index is 9.16. The molecule has 0 fully saturated rings. The second-order valence-electron chi connectivity index (χ2n) is 5.55. The minimum atomic E-state index is 0.286. The molecule has 0 spiro atoms. The average molecular weight is 358 g/mol. The van der Waals surface area contributed by atoms with E-state index in [1.54, 1.807) is 25.6 Å². The molecule has 1 aromatic heterocycles. The molecule has 0 bridgehead atoms. The van der Waals surface area contributed by atoms with E-state index >= 15 is 0 Å². The highest BCUT2D eigenvalue weighted by Crippen LogP contribution is 2.28. The van der Waals surface area contributed by atoms with Crippen molar-refractivity contribution in [1.82, 2.24) is 4.98 Å². The van der Waals surface area contributed by atoms with E-state index in [-0.39, 0.29) is 6.61 Å². The summed E-state index contributed by atoms with van der Waals surface area (Å²) < 4.78 is 11.3. The molecule has 0 saturated carbocycles. The van der Waals surface area contributed by atoms with Gasteiger partial charge in [0.05, 0.1) is 25.0 Å². The minimum absolute atomic E-state index is 0.286. The summed E-state index contributed by atoms with van der Waals surface area (Å²) in [5.41, 5.74) is 5.13. The van der Waals surface area contributed by atoms with Crippen molar-refractivity contribution in [2.24, 2.45) is 5.10 Å². The van der Waals surface area contributed by atoms with Gasteiger partial charge in [-0.3, -0.25) is 5.43 Å². The summed E-state index contributed by atoms with van der Waals surface area (Å²) in [4.78, 5) is 4.13. The van der Waals surface area contributed by atoms with Gasteiger partial charge in [-0.25, -0.2) is 4.98 Å². The molecule has 3 rings (SSSR count). The standard InChI is InChI=1S/C21H18N4O2/c1-26-20-12-16(14-24-25-21-8-4-5-11-23-21)9-10-19(20)27-15-18-7-3-2-6-17(18)13-22/h2-12,14H,15H2,1H3,(H,23,25). The Hall–Kier alpha value is -3.85. The van der Waals surface area contributed by atoms with Crippen molar-refractivity contribution < 1.29 is 9.47 Å². The number of hydrazone groups is 1. The number of methoxy groups -OCH3 is 1. The van der Waals surface area contributed by atoms with E-state index in [1.165, 1.54) is 0 Å². The van der Waals surface area contributed by atoms with Gasteiger partial charge in [0.25, 0.3) is 0 Å². The summed E-state index contributed by atoms with van der Waals surface area (Å²) in [6, 6.07) is 20.6. The first-order chi connectivity index (χ1) is 13.3. The van der Waals surface area contributed by atoms with Crippen LogP contribution in [0.1, 0.15) is 16.7 Å².